The molecule has 0 saturated carbocycles. The van der Waals surface area contributed by atoms with Crippen LogP contribution < -0.4 is 11.1 Å². The maximum Gasteiger partial charge on any atom is 0.267 e. The molecule has 0 spiro atoms. The van der Waals surface area contributed by atoms with E-state index in [4.69, 9.17) is 5.73 Å². The molecule has 118 valence electrons. The van der Waals surface area contributed by atoms with Gasteiger partial charge >= 0.3 is 0 Å². The van der Waals surface area contributed by atoms with Gasteiger partial charge in [-0.15, -0.1) is 0 Å². The molecular formula is C14H25N5OS. The lowest BCUT2D eigenvalue weighted by molar-refractivity contribution is 0.0788. The van der Waals surface area contributed by atoms with E-state index in [1.165, 1.54) is 11.3 Å². The molecule has 1 aliphatic rings. The van der Waals surface area contributed by atoms with Crippen molar-refractivity contribution in [3.8, 4) is 0 Å². The lowest BCUT2D eigenvalue weighted by atomic mass is 10.2. The largest absolute Gasteiger partial charge is 0.382 e. The monoisotopic (exact) mass is 311 g/mol. The molecule has 7 heteroatoms. The second-order valence-electron chi connectivity index (χ2n) is 6.17. The van der Waals surface area contributed by atoms with Crippen LogP contribution >= 0.6 is 11.3 Å². The Morgan fingerprint density at radius 3 is 2.86 bits per heavy atom. The number of rotatable bonds is 5. The summed E-state index contributed by atoms with van der Waals surface area (Å²) >= 11 is 1.35. The van der Waals surface area contributed by atoms with E-state index in [1.54, 1.807) is 0 Å². The van der Waals surface area contributed by atoms with Crippen molar-refractivity contribution < 1.29 is 4.79 Å². The zero-order chi connectivity index (χ0) is 15.6. The van der Waals surface area contributed by atoms with Gasteiger partial charge in [-0.05, 0) is 26.4 Å². The van der Waals surface area contributed by atoms with Gasteiger partial charge in [0.25, 0.3) is 5.91 Å². The molecule has 3 N–H and O–H groups in total. The zero-order valence-electron chi connectivity index (χ0n) is 13.2. The van der Waals surface area contributed by atoms with Crippen LogP contribution in [0.4, 0.5) is 10.9 Å². The summed E-state index contributed by atoms with van der Waals surface area (Å²) in [5.41, 5.74) is 5.91. The van der Waals surface area contributed by atoms with Gasteiger partial charge in [-0.3, -0.25) is 4.79 Å². The number of carbonyl (C=O) groups excluding carboxylic acids is 1. The molecular weight excluding hydrogens is 286 g/mol. The van der Waals surface area contributed by atoms with Crippen LogP contribution in [0.25, 0.3) is 0 Å². The number of amides is 1. The van der Waals surface area contributed by atoms with E-state index in [9.17, 15) is 4.79 Å². The van der Waals surface area contributed by atoms with Crippen LogP contribution in [0.1, 0.15) is 29.9 Å². The van der Waals surface area contributed by atoms with Crippen LogP contribution in [-0.2, 0) is 0 Å². The van der Waals surface area contributed by atoms with E-state index in [2.05, 4.69) is 29.0 Å². The average Bonchev–Trinajstić information content (AvgIpc) is 3.02. The van der Waals surface area contributed by atoms with E-state index < -0.39 is 0 Å². The average molecular weight is 311 g/mol. The van der Waals surface area contributed by atoms with Gasteiger partial charge in [0.2, 0.25) is 0 Å². The third-order valence-electron chi connectivity index (χ3n) is 3.69. The van der Waals surface area contributed by atoms with E-state index in [1.807, 2.05) is 19.0 Å². The maximum absolute atomic E-state index is 12.6. The summed E-state index contributed by atoms with van der Waals surface area (Å²) in [5, 5.41) is 3.96. The topological polar surface area (TPSA) is 74.5 Å². The highest BCUT2D eigenvalue weighted by Gasteiger charge is 2.30. The molecule has 6 nitrogen and oxygen atoms in total. The Morgan fingerprint density at radius 1 is 1.57 bits per heavy atom. The molecule has 1 aromatic heterocycles. The van der Waals surface area contributed by atoms with Gasteiger partial charge in [-0.2, -0.15) is 0 Å². The Hall–Kier alpha value is -1.34. The quantitative estimate of drug-likeness (QED) is 0.863. The van der Waals surface area contributed by atoms with Gasteiger partial charge in [0.05, 0.1) is 0 Å². The fourth-order valence-corrected chi connectivity index (χ4v) is 3.20. The van der Waals surface area contributed by atoms with Crippen molar-refractivity contribution in [2.75, 3.05) is 44.8 Å². The fraction of sp³-hybridized carbons (Fsp3) is 0.714. The lowest BCUT2D eigenvalue weighted by Crippen LogP contribution is -2.34. The van der Waals surface area contributed by atoms with Crippen LogP contribution in [0.15, 0.2) is 0 Å². The first-order valence-corrected chi connectivity index (χ1v) is 8.16. The number of hydrogen-bond acceptors (Lipinski definition) is 6. The lowest BCUT2D eigenvalue weighted by Gasteiger charge is -2.20. The summed E-state index contributed by atoms with van der Waals surface area (Å²) in [6.45, 7) is 6.63. The second kappa shape index (κ2) is 6.62. The number of nitrogens with two attached hydrogens (primary N) is 1. The Kier molecular flexibility index (Phi) is 5.05. The van der Waals surface area contributed by atoms with Crippen molar-refractivity contribution in [2.24, 2.45) is 5.92 Å². The number of nitrogen functional groups attached to an aromatic ring is 1. The van der Waals surface area contributed by atoms with Crippen molar-refractivity contribution in [1.29, 1.82) is 0 Å². The predicted octanol–water partition coefficient (Wildman–Crippen LogP) is 1.57. The first kappa shape index (κ1) is 16.0. The molecule has 0 aromatic carbocycles. The smallest absolute Gasteiger partial charge is 0.267 e. The molecule has 1 atom stereocenters. The molecule has 0 bridgehead atoms. The summed E-state index contributed by atoms with van der Waals surface area (Å²) in [4.78, 5) is 21.4. The number of carbonyl (C=O) groups is 1. The number of likely N-dealkylation sites (tertiary alicyclic amines) is 1. The minimum atomic E-state index is 0.00643. The summed E-state index contributed by atoms with van der Waals surface area (Å²) in [5.74, 6) is 0.866. The van der Waals surface area contributed by atoms with Gasteiger partial charge in [0.15, 0.2) is 5.13 Å². The van der Waals surface area contributed by atoms with E-state index >= 15 is 0 Å². The summed E-state index contributed by atoms with van der Waals surface area (Å²) in [7, 11) is 4.10. The van der Waals surface area contributed by atoms with Gasteiger partial charge in [0, 0.05) is 25.7 Å². The molecule has 1 aromatic rings. The molecule has 1 amide bonds. The van der Waals surface area contributed by atoms with E-state index in [0.29, 0.717) is 22.7 Å². The Balaban J connectivity index is 2.03. The van der Waals surface area contributed by atoms with Crippen molar-refractivity contribution in [2.45, 2.75) is 26.3 Å². The number of likely N-dealkylation sites (N-methyl/N-ethyl adjacent to an activating group) is 1. The highest BCUT2D eigenvalue weighted by molar-refractivity contribution is 7.18. The predicted molar refractivity (Wildman–Crippen MR) is 87.8 cm³/mol. The van der Waals surface area contributed by atoms with Crippen LogP contribution in [0, 0.1) is 5.92 Å². The third kappa shape index (κ3) is 3.85. The molecule has 0 aliphatic carbocycles. The van der Waals surface area contributed by atoms with Crippen molar-refractivity contribution in [3.63, 3.8) is 0 Å². The molecule has 0 radical (unpaired) electrons. The number of nitrogens with one attached hydrogen (secondary N) is 1. The van der Waals surface area contributed by atoms with Crippen molar-refractivity contribution in [3.05, 3.63) is 4.88 Å². The van der Waals surface area contributed by atoms with E-state index in [-0.39, 0.29) is 5.91 Å². The first-order chi connectivity index (χ1) is 9.88. The second-order valence-corrected chi connectivity index (χ2v) is 7.16. The Labute approximate surface area is 130 Å². The van der Waals surface area contributed by atoms with Crippen molar-refractivity contribution in [1.82, 2.24) is 14.8 Å². The normalized spacial score (nSPS) is 18.8. The first-order valence-electron chi connectivity index (χ1n) is 7.34. The zero-order valence-corrected chi connectivity index (χ0v) is 14.0. The van der Waals surface area contributed by atoms with Crippen LogP contribution in [0.5, 0.6) is 0 Å². The Morgan fingerprint density at radius 2 is 2.29 bits per heavy atom. The van der Waals surface area contributed by atoms with E-state index in [0.717, 1.165) is 31.2 Å². The number of aromatic nitrogens is 1. The molecule has 1 fully saturated rings. The molecule has 1 saturated heterocycles. The third-order valence-corrected chi connectivity index (χ3v) is 4.71. The SMILES string of the molecule is CC(C)CNc1nc(N)c(C(=O)N2CCC(N(C)C)C2)s1. The fourth-order valence-electron chi connectivity index (χ4n) is 2.34. The highest BCUT2D eigenvalue weighted by atomic mass is 32.1. The molecule has 1 unspecified atom stereocenters. The number of nitrogens with zero attached hydrogens (tertiary/aromatic N) is 3. The van der Waals surface area contributed by atoms with Crippen molar-refractivity contribution >= 4 is 28.2 Å². The van der Waals surface area contributed by atoms with Crippen LogP contribution in [0.2, 0.25) is 0 Å². The minimum absolute atomic E-state index is 0.00643. The highest BCUT2D eigenvalue weighted by Crippen LogP contribution is 2.28. The van der Waals surface area contributed by atoms with Gasteiger partial charge in [-0.1, -0.05) is 25.2 Å². The number of hydrogen-bond donors (Lipinski definition) is 2. The van der Waals surface area contributed by atoms with Crippen LogP contribution in [0.3, 0.4) is 0 Å². The summed E-state index contributed by atoms with van der Waals surface area (Å²) in [6, 6.07) is 0.432. The molecule has 2 rings (SSSR count). The molecule has 2 heterocycles. The van der Waals surface area contributed by atoms with Gasteiger partial charge in [0.1, 0.15) is 10.7 Å². The van der Waals surface area contributed by atoms with Gasteiger partial charge in [-0.25, -0.2) is 4.98 Å². The number of thiazole rings is 1. The van der Waals surface area contributed by atoms with Gasteiger partial charge < -0.3 is 20.9 Å². The summed E-state index contributed by atoms with van der Waals surface area (Å²) in [6.07, 6.45) is 1.01. The standard InChI is InChI=1S/C14H25N5OS/c1-9(2)7-16-14-17-12(15)11(21-14)13(20)19-6-5-10(8-19)18(3)4/h9-10H,5-8,15H2,1-4H3,(H,16,17). The summed E-state index contributed by atoms with van der Waals surface area (Å²) < 4.78 is 0. The molecule has 1 aliphatic heterocycles. The minimum Gasteiger partial charge on any atom is -0.382 e. The number of anilines is 2. The van der Waals surface area contributed by atoms with Crippen LogP contribution in [-0.4, -0.2) is 60.5 Å². The molecule has 21 heavy (non-hydrogen) atoms. The maximum atomic E-state index is 12.6. The Bertz CT molecular complexity index is 500.